The van der Waals surface area contributed by atoms with Crippen LogP contribution in [0, 0.1) is 12.8 Å². The quantitative estimate of drug-likeness (QED) is 0.171. The van der Waals surface area contributed by atoms with Gasteiger partial charge in [-0.3, -0.25) is 9.59 Å². The van der Waals surface area contributed by atoms with Crippen molar-refractivity contribution in [2.75, 3.05) is 19.4 Å². The van der Waals surface area contributed by atoms with E-state index in [4.69, 9.17) is 23.2 Å². The van der Waals surface area contributed by atoms with Crippen molar-refractivity contribution in [1.29, 1.82) is 0 Å². The molecule has 2 aromatic heterocycles. The number of aliphatic imine (C=N–C) groups is 1. The number of aromatic nitrogens is 4. The molecular formula is C26H25Cl2N7O3. The molecule has 0 bridgehead atoms. The molecule has 4 aromatic rings. The highest BCUT2D eigenvalue weighted by atomic mass is 35.5. The zero-order chi connectivity index (χ0) is 27.4. The van der Waals surface area contributed by atoms with E-state index in [1.54, 1.807) is 52.3 Å². The van der Waals surface area contributed by atoms with E-state index >= 15 is 0 Å². The number of hydrogen-bond donors (Lipinski definition) is 2. The Labute approximate surface area is 228 Å². The molecule has 10 nitrogen and oxygen atoms in total. The summed E-state index contributed by atoms with van der Waals surface area (Å²) in [5, 5.41) is 17.7. The van der Waals surface area contributed by atoms with Crippen molar-refractivity contribution in [3.8, 4) is 5.69 Å². The molecule has 196 valence electrons. The van der Waals surface area contributed by atoms with E-state index in [1.165, 1.54) is 6.33 Å². The summed E-state index contributed by atoms with van der Waals surface area (Å²) in [4.78, 5) is 39.5. The lowest BCUT2D eigenvalue weighted by Crippen LogP contribution is -2.30. The average molecular weight is 554 g/mol. The molecule has 38 heavy (non-hydrogen) atoms. The fourth-order valence-corrected chi connectivity index (χ4v) is 4.35. The van der Waals surface area contributed by atoms with Crippen LogP contribution in [0.25, 0.3) is 16.7 Å². The van der Waals surface area contributed by atoms with Crippen LogP contribution in [0.4, 0.5) is 11.5 Å². The van der Waals surface area contributed by atoms with Crippen molar-refractivity contribution in [3.05, 3.63) is 70.1 Å². The number of carbonyl (C=O) groups excluding carboxylic acids is 1. The summed E-state index contributed by atoms with van der Waals surface area (Å²) in [6, 6.07) is 12.0. The molecule has 0 saturated heterocycles. The molecule has 0 radical (unpaired) electrons. The van der Waals surface area contributed by atoms with Crippen molar-refractivity contribution in [2.24, 2.45) is 10.9 Å². The summed E-state index contributed by atoms with van der Waals surface area (Å²) in [6.07, 6.45) is 3.55. The van der Waals surface area contributed by atoms with Gasteiger partial charge in [-0.2, -0.15) is 5.10 Å². The van der Waals surface area contributed by atoms with E-state index in [9.17, 15) is 14.7 Å². The molecule has 0 fully saturated rings. The largest absolute Gasteiger partial charge is 0.481 e. The fraction of sp³-hybridized carbons (Fsp3) is 0.231. The van der Waals surface area contributed by atoms with E-state index < -0.39 is 17.8 Å². The van der Waals surface area contributed by atoms with Crippen LogP contribution in [0.5, 0.6) is 0 Å². The number of anilines is 1. The van der Waals surface area contributed by atoms with Crippen LogP contribution in [0.3, 0.4) is 0 Å². The molecule has 4 rings (SSSR count). The predicted octanol–water partition coefficient (Wildman–Crippen LogP) is 4.92. The number of rotatable bonds is 9. The Morgan fingerprint density at radius 3 is 2.66 bits per heavy atom. The van der Waals surface area contributed by atoms with Crippen molar-refractivity contribution in [1.82, 2.24) is 24.6 Å². The van der Waals surface area contributed by atoms with E-state index in [2.05, 4.69) is 25.4 Å². The van der Waals surface area contributed by atoms with Crippen molar-refractivity contribution < 1.29 is 14.7 Å². The molecule has 0 aliphatic carbocycles. The number of carboxylic acid groups (broad SMARTS) is 1. The Morgan fingerprint density at radius 1 is 1.18 bits per heavy atom. The number of hydrogen-bond acceptors (Lipinski definition) is 6. The summed E-state index contributed by atoms with van der Waals surface area (Å²) >= 11 is 12.6. The number of nitrogens with one attached hydrogen (secondary N) is 1. The Bertz CT molecular complexity index is 1530. The normalized spacial score (nSPS) is 12.1. The van der Waals surface area contributed by atoms with E-state index in [0.717, 1.165) is 5.56 Å². The van der Waals surface area contributed by atoms with Gasteiger partial charge in [-0.1, -0.05) is 35.3 Å². The van der Waals surface area contributed by atoms with Gasteiger partial charge in [-0.05, 0) is 55.7 Å². The highest BCUT2D eigenvalue weighted by molar-refractivity contribution is 6.33. The Morgan fingerprint density at radius 2 is 1.97 bits per heavy atom. The maximum absolute atomic E-state index is 12.8. The third kappa shape index (κ3) is 6.09. The predicted molar refractivity (Wildman–Crippen MR) is 148 cm³/mol. The molecule has 2 heterocycles. The van der Waals surface area contributed by atoms with Gasteiger partial charge in [0.25, 0.3) is 0 Å². The minimum Gasteiger partial charge on any atom is -0.481 e. The van der Waals surface area contributed by atoms with E-state index in [-0.39, 0.29) is 11.4 Å². The number of fused-ring (bicyclic) bond motifs is 1. The monoisotopic (exact) mass is 553 g/mol. The van der Waals surface area contributed by atoms with Gasteiger partial charge in [-0.15, -0.1) is 0 Å². The Hall–Kier alpha value is -4.02. The molecule has 0 spiro atoms. The summed E-state index contributed by atoms with van der Waals surface area (Å²) < 4.78 is 1.60. The molecule has 0 unspecified atom stereocenters. The average Bonchev–Trinajstić information content (AvgIpc) is 3.19. The fourth-order valence-electron chi connectivity index (χ4n) is 3.87. The Kier molecular flexibility index (Phi) is 8.23. The number of carbonyl (C=O) groups is 2. The van der Waals surface area contributed by atoms with Crippen molar-refractivity contribution in [2.45, 2.75) is 19.8 Å². The number of nitrogens with zero attached hydrogens (tertiary/aromatic N) is 6. The second kappa shape index (κ2) is 11.6. The lowest BCUT2D eigenvalue weighted by Gasteiger charge is -2.14. The number of amides is 1. The molecule has 0 aliphatic rings. The van der Waals surface area contributed by atoms with Gasteiger partial charge >= 0.3 is 5.97 Å². The molecule has 0 saturated carbocycles. The lowest BCUT2D eigenvalue weighted by molar-refractivity contribution is -0.145. The van der Waals surface area contributed by atoms with Crippen LogP contribution < -0.4 is 5.32 Å². The summed E-state index contributed by atoms with van der Waals surface area (Å²) in [6.45, 7) is 1.82. The van der Waals surface area contributed by atoms with Crippen LogP contribution in [-0.4, -0.2) is 62.1 Å². The van der Waals surface area contributed by atoms with Crippen LogP contribution in [0.2, 0.25) is 10.0 Å². The summed E-state index contributed by atoms with van der Waals surface area (Å²) in [7, 11) is 3.70. The van der Waals surface area contributed by atoms with E-state index in [0.29, 0.717) is 45.4 Å². The molecule has 12 heteroatoms. The number of carboxylic acids is 1. The molecule has 2 N–H and O–H groups in total. The first kappa shape index (κ1) is 27.0. The van der Waals surface area contributed by atoms with E-state index in [1.807, 2.05) is 27.1 Å². The number of benzene rings is 2. The minimum atomic E-state index is -1.25. The third-order valence-corrected chi connectivity index (χ3v) is 6.22. The molecule has 1 atom stereocenters. The highest BCUT2D eigenvalue weighted by Crippen LogP contribution is 2.31. The maximum Gasteiger partial charge on any atom is 0.316 e. The molecule has 1 amide bonds. The van der Waals surface area contributed by atoms with Crippen LogP contribution in [0.15, 0.2) is 53.8 Å². The zero-order valence-electron chi connectivity index (χ0n) is 20.9. The van der Waals surface area contributed by atoms with Crippen molar-refractivity contribution in [3.63, 3.8) is 0 Å². The Balaban J connectivity index is 1.58. The lowest BCUT2D eigenvalue weighted by atomic mass is 9.98. The van der Waals surface area contributed by atoms with Crippen LogP contribution >= 0.6 is 23.2 Å². The summed E-state index contributed by atoms with van der Waals surface area (Å²) in [5.74, 6) is -2.69. The van der Waals surface area contributed by atoms with Gasteiger partial charge < -0.3 is 15.3 Å². The van der Waals surface area contributed by atoms with Gasteiger partial charge in [0.15, 0.2) is 5.82 Å². The highest BCUT2D eigenvalue weighted by Gasteiger charge is 2.26. The first-order valence-electron chi connectivity index (χ1n) is 11.6. The summed E-state index contributed by atoms with van der Waals surface area (Å²) in [5.41, 5.74) is 3.60. The van der Waals surface area contributed by atoms with Gasteiger partial charge in [0.1, 0.15) is 23.3 Å². The van der Waals surface area contributed by atoms with Crippen molar-refractivity contribution >= 4 is 64.0 Å². The molecular weight excluding hydrogens is 529 g/mol. The first-order chi connectivity index (χ1) is 18.1. The maximum atomic E-state index is 12.8. The first-order valence-corrected chi connectivity index (χ1v) is 12.4. The molecule has 0 aliphatic heterocycles. The van der Waals surface area contributed by atoms with Gasteiger partial charge in [0.2, 0.25) is 5.91 Å². The number of halogens is 2. The van der Waals surface area contributed by atoms with Gasteiger partial charge in [-0.25, -0.2) is 19.6 Å². The van der Waals surface area contributed by atoms with Gasteiger partial charge in [0, 0.05) is 24.8 Å². The second-order valence-electron chi connectivity index (χ2n) is 8.81. The smallest absolute Gasteiger partial charge is 0.316 e. The minimum absolute atomic E-state index is 0.113. The van der Waals surface area contributed by atoms with Crippen LogP contribution in [-0.2, 0) is 16.0 Å². The molecule has 2 aromatic carbocycles. The van der Waals surface area contributed by atoms with Gasteiger partial charge in [0.05, 0.1) is 22.7 Å². The topological polar surface area (TPSA) is 126 Å². The number of aryl methyl sites for hydroxylation is 2. The third-order valence-electron chi connectivity index (χ3n) is 5.69. The standard InChI is InChI=1S/C26H25Cl2N7O3/c1-15-22-23(24(30-13-29-22)31-14-34(2)3)35(33-15)21-10-8-18(12-20(21)28)32-25(36)19(26(37)38)9-7-16-5-4-6-17(27)11-16/h4-6,8,10-14,19H,7,9H2,1-3H3,(H,32,36)(H,37,38)/b31-14+/t19-/m1/s1. The SMILES string of the molecule is Cc1nn(-c2ccc(NC(=O)[C@@H](CCc3cccc(Cl)c3)C(=O)O)cc2Cl)c2c(/N=C/N(C)C)ncnc12. The number of aliphatic carboxylic acids is 1. The van der Waals surface area contributed by atoms with Crippen LogP contribution in [0.1, 0.15) is 17.7 Å². The second-order valence-corrected chi connectivity index (χ2v) is 9.66. The zero-order valence-corrected chi connectivity index (χ0v) is 22.4.